The number of benzene rings is 1. The maximum Gasteiger partial charge on any atom is 0.279 e. The minimum absolute atomic E-state index is 0.256. The van der Waals surface area contributed by atoms with Gasteiger partial charge in [0.25, 0.3) is 5.91 Å². The summed E-state index contributed by atoms with van der Waals surface area (Å²) in [7, 11) is 1.71. The van der Waals surface area contributed by atoms with Crippen LogP contribution < -0.4 is 10.1 Å². The summed E-state index contributed by atoms with van der Waals surface area (Å²) in [5.74, 6) is 0.465. The lowest BCUT2D eigenvalue weighted by Crippen LogP contribution is -2.12. The molecular formula is C13H13N5O2S. The third kappa shape index (κ3) is 2.84. The molecule has 0 fully saturated rings. The Hall–Kier alpha value is -2.48. The first kappa shape index (κ1) is 13.5. The third-order valence-corrected chi connectivity index (χ3v) is 3.66. The summed E-state index contributed by atoms with van der Waals surface area (Å²) >= 11 is 1.39. The molecule has 1 amide bonds. The van der Waals surface area contributed by atoms with Gasteiger partial charge < -0.3 is 4.74 Å². The number of nitrogens with zero attached hydrogens (tertiary/aromatic N) is 4. The summed E-state index contributed by atoms with van der Waals surface area (Å²) in [6, 6.07) is 5.64. The van der Waals surface area contributed by atoms with Crippen molar-refractivity contribution >= 4 is 32.6 Å². The van der Waals surface area contributed by atoms with Gasteiger partial charge in [-0.05, 0) is 25.1 Å². The number of aromatic nitrogens is 4. The van der Waals surface area contributed by atoms with Crippen molar-refractivity contribution in [2.75, 3.05) is 11.9 Å². The van der Waals surface area contributed by atoms with Crippen LogP contribution in [0.5, 0.6) is 5.75 Å². The predicted molar refractivity (Wildman–Crippen MR) is 79.7 cm³/mol. The van der Waals surface area contributed by atoms with Crippen LogP contribution in [0.4, 0.5) is 5.13 Å². The molecule has 0 aliphatic carbocycles. The number of carbonyl (C=O) groups excluding carboxylic acids is 1. The van der Waals surface area contributed by atoms with Crippen molar-refractivity contribution in [2.45, 2.75) is 6.92 Å². The molecule has 0 saturated carbocycles. The zero-order valence-corrected chi connectivity index (χ0v) is 12.3. The Labute approximate surface area is 124 Å². The molecule has 0 aliphatic heterocycles. The normalized spacial score (nSPS) is 10.8. The summed E-state index contributed by atoms with van der Waals surface area (Å²) in [4.78, 5) is 16.4. The zero-order chi connectivity index (χ0) is 14.8. The van der Waals surface area contributed by atoms with Crippen molar-refractivity contribution < 1.29 is 9.53 Å². The average Bonchev–Trinajstić information content (AvgIpc) is 3.04. The molecule has 2 heterocycles. The van der Waals surface area contributed by atoms with Gasteiger partial charge in [-0.1, -0.05) is 16.6 Å². The van der Waals surface area contributed by atoms with Crippen molar-refractivity contribution in [2.24, 2.45) is 7.05 Å². The van der Waals surface area contributed by atoms with Gasteiger partial charge >= 0.3 is 0 Å². The molecular weight excluding hydrogens is 290 g/mol. The quantitative estimate of drug-likeness (QED) is 0.798. The van der Waals surface area contributed by atoms with Crippen LogP contribution in [-0.4, -0.2) is 32.5 Å². The van der Waals surface area contributed by atoms with Crippen molar-refractivity contribution in [3.05, 3.63) is 30.1 Å². The second-order valence-electron chi connectivity index (χ2n) is 4.31. The van der Waals surface area contributed by atoms with Gasteiger partial charge in [0, 0.05) is 7.05 Å². The van der Waals surface area contributed by atoms with E-state index in [1.165, 1.54) is 16.0 Å². The first-order chi connectivity index (χ1) is 10.2. The molecule has 108 valence electrons. The van der Waals surface area contributed by atoms with E-state index in [0.29, 0.717) is 11.7 Å². The number of hydrogen-bond donors (Lipinski definition) is 1. The van der Waals surface area contributed by atoms with Crippen LogP contribution in [0.3, 0.4) is 0 Å². The number of anilines is 1. The highest BCUT2D eigenvalue weighted by molar-refractivity contribution is 7.22. The SMILES string of the molecule is CCOc1ccc2nc(NC(=O)c3cn(C)nn3)sc2c1. The molecule has 0 radical (unpaired) electrons. The summed E-state index contributed by atoms with van der Waals surface area (Å²) in [6.07, 6.45) is 1.55. The van der Waals surface area contributed by atoms with Gasteiger partial charge in [-0.25, -0.2) is 4.98 Å². The molecule has 2 aromatic heterocycles. The highest BCUT2D eigenvalue weighted by Gasteiger charge is 2.13. The van der Waals surface area contributed by atoms with Crippen LogP contribution in [0, 0.1) is 0 Å². The van der Waals surface area contributed by atoms with E-state index in [1.807, 2.05) is 25.1 Å². The van der Waals surface area contributed by atoms with Crippen molar-refractivity contribution in [1.82, 2.24) is 20.0 Å². The lowest BCUT2D eigenvalue weighted by molar-refractivity contribution is 0.102. The van der Waals surface area contributed by atoms with Gasteiger partial charge in [0.05, 0.1) is 23.0 Å². The summed E-state index contributed by atoms with van der Waals surface area (Å²) in [5, 5.41) is 10.7. The number of carbonyl (C=O) groups is 1. The fourth-order valence-corrected chi connectivity index (χ4v) is 2.72. The number of hydrogen-bond acceptors (Lipinski definition) is 6. The maximum absolute atomic E-state index is 12.0. The highest BCUT2D eigenvalue weighted by atomic mass is 32.1. The summed E-state index contributed by atoms with van der Waals surface area (Å²) < 4.78 is 7.87. The Morgan fingerprint density at radius 1 is 1.48 bits per heavy atom. The molecule has 1 aromatic carbocycles. The van der Waals surface area contributed by atoms with Gasteiger partial charge in [0.2, 0.25) is 0 Å². The monoisotopic (exact) mass is 303 g/mol. The van der Waals surface area contributed by atoms with Crippen molar-refractivity contribution in [3.63, 3.8) is 0 Å². The molecule has 0 atom stereocenters. The molecule has 3 rings (SSSR count). The van der Waals surface area contributed by atoms with E-state index in [0.717, 1.165) is 16.0 Å². The minimum Gasteiger partial charge on any atom is -0.494 e. The van der Waals surface area contributed by atoms with E-state index < -0.39 is 0 Å². The Balaban J connectivity index is 1.82. The van der Waals surface area contributed by atoms with E-state index in [-0.39, 0.29) is 11.6 Å². The number of aryl methyl sites for hydroxylation is 1. The molecule has 21 heavy (non-hydrogen) atoms. The number of rotatable bonds is 4. The number of nitrogens with one attached hydrogen (secondary N) is 1. The lowest BCUT2D eigenvalue weighted by Gasteiger charge is -2.00. The van der Waals surface area contributed by atoms with Crippen LogP contribution in [0.2, 0.25) is 0 Å². The van der Waals surface area contributed by atoms with Crippen LogP contribution >= 0.6 is 11.3 Å². The summed E-state index contributed by atoms with van der Waals surface area (Å²) in [6.45, 7) is 2.55. The zero-order valence-electron chi connectivity index (χ0n) is 11.5. The average molecular weight is 303 g/mol. The third-order valence-electron chi connectivity index (χ3n) is 2.73. The molecule has 0 bridgehead atoms. The first-order valence-corrected chi connectivity index (χ1v) is 7.18. The minimum atomic E-state index is -0.327. The van der Waals surface area contributed by atoms with Gasteiger partial charge in [-0.15, -0.1) is 5.10 Å². The van der Waals surface area contributed by atoms with Gasteiger partial charge in [-0.3, -0.25) is 14.8 Å². The van der Waals surface area contributed by atoms with Crippen LogP contribution in [0.15, 0.2) is 24.4 Å². The molecule has 0 unspecified atom stereocenters. The summed E-state index contributed by atoms with van der Waals surface area (Å²) in [5.41, 5.74) is 1.07. The van der Waals surface area contributed by atoms with Crippen molar-refractivity contribution in [3.8, 4) is 5.75 Å². The van der Waals surface area contributed by atoms with Crippen LogP contribution in [-0.2, 0) is 7.05 Å². The van der Waals surface area contributed by atoms with Crippen LogP contribution in [0.1, 0.15) is 17.4 Å². The Morgan fingerprint density at radius 3 is 3.05 bits per heavy atom. The van der Waals surface area contributed by atoms with Gasteiger partial charge in [0.1, 0.15) is 5.75 Å². The second-order valence-corrected chi connectivity index (χ2v) is 5.34. The molecule has 0 saturated heterocycles. The highest BCUT2D eigenvalue weighted by Crippen LogP contribution is 2.29. The fourth-order valence-electron chi connectivity index (χ4n) is 1.83. The topological polar surface area (TPSA) is 81.9 Å². The molecule has 8 heteroatoms. The Bertz CT molecular complexity index is 795. The predicted octanol–water partition coefficient (Wildman–Crippen LogP) is 2.08. The van der Waals surface area contributed by atoms with E-state index in [4.69, 9.17) is 4.74 Å². The first-order valence-electron chi connectivity index (χ1n) is 6.37. The number of thiazole rings is 1. The Kier molecular flexibility index (Phi) is 3.53. The van der Waals surface area contributed by atoms with E-state index in [2.05, 4.69) is 20.6 Å². The van der Waals surface area contributed by atoms with Gasteiger partial charge in [0.15, 0.2) is 10.8 Å². The largest absolute Gasteiger partial charge is 0.494 e. The number of amides is 1. The van der Waals surface area contributed by atoms with E-state index >= 15 is 0 Å². The molecule has 0 aliphatic rings. The standard InChI is InChI=1S/C13H13N5O2S/c1-3-20-8-4-5-9-11(6-8)21-13(14-9)15-12(19)10-7-18(2)17-16-10/h4-7H,3H2,1-2H3,(H,14,15,19). The van der Waals surface area contributed by atoms with Gasteiger partial charge in [-0.2, -0.15) is 0 Å². The lowest BCUT2D eigenvalue weighted by atomic mass is 10.3. The fraction of sp³-hybridized carbons (Fsp3) is 0.231. The molecule has 3 aromatic rings. The Morgan fingerprint density at radius 2 is 2.33 bits per heavy atom. The molecule has 7 nitrogen and oxygen atoms in total. The molecule has 1 N–H and O–H groups in total. The van der Waals surface area contributed by atoms with Crippen LogP contribution in [0.25, 0.3) is 10.2 Å². The number of ether oxygens (including phenoxy) is 1. The number of fused-ring (bicyclic) bond motifs is 1. The molecule has 0 spiro atoms. The smallest absolute Gasteiger partial charge is 0.279 e. The second kappa shape index (κ2) is 5.49. The van der Waals surface area contributed by atoms with Crippen molar-refractivity contribution in [1.29, 1.82) is 0 Å². The van der Waals surface area contributed by atoms with E-state index in [9.17, 15) is 4.79 Å². The van der Waals surface area contributed by atoms with E-state index in [1.54, 1.807) is 13.2 Å². The maximum atomic E-state index is 12.0.